The van der Waals surface area contributed by atoms with Gasteiger partial charge < -0.3 is 20.2 Å². The molecule has 13 heteroatoms. The lowest BCUT2D eigenvalue weighted by Crippen LogP contribution is -2.48. The molecule has 34 heavy (non-hydrogen) atoms. The Morgan fingerprint density at radius 1 is 1.09 bits per heavy atom. The predicted octanol–water partition coefficient (Wildman–Crippen LogP) is 2.03. The van der Waals surface area contributed by atoms with E-state index in [0.717, 1.165) is 19.5 Å². The minimum Gasteiger partial charge on any atom is -0.394 e. The van der Waals surface area contributed by atoms with Crippen molar-refractivity contribution in [2.75, 3.05) is 53.7 Å². The fourth-order valence-corrected chi connectivity index (χ4v) is 6.83. The number of alkyl halides is 2. The number of aliphatic hydroxyl groups excluding tert-OH is 1. The van der Waals surface area contributed by atoms with Gasteiger partial charge in [0.05, 0.1) is 46.1 Å². The van der Waals surface area contributed by atoms with Crippen molar-refractivity contribution in [1.82, 2.24) is 19.9 Å². The molecule has 182 valence electrons. The molecule has 3 fully saturated rings. The lowest BCUT2D eigenvalue weighted by atomic mass is 9.77. The summed E-state index contributed by atoms with van der Waals surface area (Å²) in [6.45, 7) is 2.58. The van der Waals surface area contributed by atoms with Gasteiger partial charge in [0.15, 0.2) is 0 Å². The number of rotatable bonds is 5. The molecule has 1 saturated carbocycles. The molecular weight excluding hydrogens is 488 g/mol. The molecule has 9 nitrogen and oxygen atoms in total. The Morgan fingerprint density at radius 2 is 1.71 bits per heavy atom. The summed E-state index contributed by atoms with van der Waals surface area (Å²) in [7, 11) is -1.90. The molecule has 2 aromatic rings. The largest absolute Gasteiger partial charge is 0.394 e. The monoisotopic (exact) mass is 511 g/mol. The summed E-state index contributed by atoms with van der Waals surface area (Å²) >= 11 is 5.89. The van der Waals surface area contributed by atoms with Gasteiger partial charge in [0.25, 0.3) is 0 Å². The summed E-state index contributed by atoms with van der Waals surface area (Å²) in [5, 5.41) is 13.5. The van der Waals surface area contributed by atoms with Gasteiger partial charge in [0, 0.05) is 38.0 Å². The molecule has 0 bridgehead atoms. The van der Waals surface area contributed by atoms with Crippen LogP contribution in [0.5, 0.6) is 0 Å². The molecule has 6 rings (SSSR count). The van der Waals surface area contributed by atoms with Gasteiger partial charge in [-0.3, -0.25) is 4.21 Å². The normalized spacial score (nSPS) is 28.5. The number of nitrogens with zero attached hydrogens (tertiary/aromatic N) is 6. The Hall–Kier alpha value is -2.18. The van der Waals surface area contributed by atoms with Gasteiger partial charge in [-0.25, -0.2) is 15.0 Å². The molecule has 0 aromatic carbocycles. The maximum absolute atomic E-state index is 14.7. The van der Waals surface area contributed by atoms with Crippen LogP contribution < -0.4 is 15.1 Å². The minimum absolute atomic E-state index is 0.0288. The van der Waals surface area contributed by atoms with E-state index in [0.29, 0.717) is 36.9 Å². The third kappa shape index (κ3) is 3.61. The van der Waals surface area contributed by atoms with E-state index in [1.54, 1.807) is 12.4 Å². The first-order chi connectivity index (χ1) is 16.3. The molecule has 2 saturated heterocycles. The van der Waals surface area contributed by atoms with Crippen molar-refractivity contribution < 1.29 is 18.1 Å². The highest BCUT2D eigenvalue weighted by Crippen LogP contribution is 2.45. The van der Waals surface area contributed by atoms with Crippen LogP contribution in [0.4, 0.5) is 26.5 Å². The van der Waals surface area contributed by atoms with Gasteiger partial charge in [-0.15, -0.1) is 0 Å². The molecule has 4 aliphatic rings. The molecule has 1 aliphatic carbocycles. The molecule has 3 atom stereocenters. The van der Waals surface area contributed by atoms with Gasteiger partial charge in [-0.1, -0.05) is 11.6 Å². The first-order valence-corrected chi connectivity index (χ1v) is 13.0. The smallest absolute Gasteiger partial charge is 0.302 e. The van der Waals surface area contributed by atoms with Crippen LogP contribution in [0.2, 0.25) is 5.02 Å². The van der Waals surface area contributed by atoms with Crippen LogP contribution in [0, 0.1) is 11.8 Å². The van der Waals surface area contributed by atoms with Crippen molar-refractivity contribution in [3.05, 3.63) is 23.1 Å². The summed E-state index contributed by atoms with van der Waals surface area (Å²) in [6, 6.07) is 0. The van der Waals surface area contributed by atoms with E-state index in [4.69, 9.17) is 11.6 Å². The highest BCUT2D eigenvalue weighted by Gasteiger charge is 2.50. The van der Waals surface area contributed by atoms with E-state index in [1.165, 1.54) is 0 Å². The van der Waals surface area contributed by atoms with E-state index < -0.39 is 33.7 Å². The summed E-state index contributed by atoms with van der Waals surface area (Å²) in [4.78, 5) is 21.4. The zero-order valence-corrected chi connectivity index (χ0v) is 19.8. The van der Waals surface area contributed by atoms with Crippen LogP contribution in [-0.4, -0.2) is 73.3 Å². The Labute approximate surface area is 202 Å². The summed E-state index contributed by atoms with van der Waals surface area (Å²) in [5.41, 5.74) is -1.07. The number of nitrogens with one attached hydrogen (secondary N) is 1. The van der Waals surface area contributed by atoms with E-state index in [9.17, 15) is 18.1 Å². The number of fused-ring (bicyclic) bond motifs is 2. The Kier molecular flexibility index (Phi) is 5.19. The third-order valence-corrected chi connectivity index (χ3v) is 9.06. The highest BCUT2D eigenvalue weighted by atomic mass is 35.5. The molecule has 5 heterocycles. The van der Waals surface area contributed by atoms with Crippen LogP contribution in [0.15, 0.2) is 17.3 Å². The van der Waals surface area contributed by atoms with E-state index >= 15 is 0 Å². The number of anilines is 3. The molecule has 0 radical (unpaired) electrons. The second-order valence-electron chi connectivity index (χ2n) is 9.69. The van der Waals surface area contributed by atoms with Crippen molar-refractivity contribution in [3.63, 3.8) is 0 Å². The molecule has 0 amide bonds. The first kappa shape index (κ1) is 22.3. The molecule has 3 unspecified atom stereocenters. The standard InChI is InChI=1S/C21H24ClF2N7O2S/c22-14-4-25-18(26-5-14)30-6-12-8-31(9-13(12)7-30)19-27-16-15(34(33)11-21(16,23)24)17(28-19)29-20(10-32)2-1-3-20/h4-5,12-13,32H,1-3,6-11H2,(H,27,28,29). The fourth-order valence-electron chi connectivity index (χ4n) is 5.40. The molecule has 2 N–H and O–H groups in total. The average Bonchev–Trinajstić information content (AvgIpc) is 3.41. The maximum Gasteiger partial charge on any atom is 0.302 e. The zero-order valence-electron chi connectivity index (χ0n) is 18.3. The van der Waals surface area contributed by atoms with E-state index in [2.05, 4.69) is 30.2 Å². The van der Waals surface area contributed by atoms with E-state index in [-0.39, 0.29) is 35.1 Å². The number of hydrogen-bond donors (Lipinski definition) is 2. The summed E-state index contributed by atoms with van der Waals surface area (Å²) in [5.74, 6) is -2.48. The molecule has 2 aromatic heterocycles. The summed E-state index contributed by atoms with van der Waals surface area (Å²) < 4.78 is 42.0. The molecule has 3 aliphatic heterocycles. The molecular formula is C21H24ClF2N7O2S. The third-order valence-electron chi connectivity index (χ3n) is 7.40. The lowest BCUT2D eigenvalue weighted by molar-refractivity contribution is 0.0191. The minimum atomic E-state index is -3.28. The van der Waals surface area contributed by atoms with Gasteiger partial charge in [0.1, 0.15) is 16.4 Å². The van der Waals surface area contributed by atoms with Crippen molar-refractivity contribution in [2.45, 2.75) is 35.6 Å². The van der Waals surface area contributed by atoms with Crippen LogP contribution in [0.25, 0.3) is 0 Å². The highest BCUT2D eigenvalue weighted by molar-refractivity contribution is 7.85. The second kappa shape index (κ2) is 7.92. The lowest BCUT2D eigenvalue weighted by Gasteiger charge is -2.41. The van der Waals surface area contributed by atoms with Crippen LogP contribution in [-0.2, 0) is 16.7 Å². The Bertz CT molecular complexity index is 1130. The maximum atomic E-state index is 14.7. The van der Waals surface area contributed by atoms with Crippen LogP contribution in [0.3, 0.4) is 0 Å². The van der Waals surface area contributed by atoms with Crippen LogP contribution >= 0.6 is 11.6 Å². The second-order valence-corrected chi connectivity index (χ2v) is 11.5. The SMILES string of the molecule is O=S1CC(F)(F)c2nc(N3CC4CN(c5ncc(Cl)cn5)CC4C3)nc(NC3(CO)CCC3)c21. The number of aliphatic hydroxyl groups is 1. The Morgan fingerprint density at radius 3 is 2.26 bits per heavy atom. The van der Waals surface area contributed by atoms with Crippen LogP contribution in [0.1, 0.15) is 25.0 Å². The zero-order chi connectivity index (χ0) is 23.7. The molecule has 0 spiro atoms. The Balaban J connectivity index is 1.27. The topological polar surface area (TPSA) is 107 Å². The number of hydrogen-bond acceptors (Lipinski definition) is 9. The summed E-state index contributed by atoms with van der Waals surface area (Å²) in [6.07, 6.45) is 5.48. The van der Waals surface area contributed by atoms with Crippen molar-refractivity contribution >= 4 is 40.1 Å². The van der Waals surface area contributed by atoms with Gasteiger partial charge in [-0.05, 0) is 19.3 Å². The quantitative estimate of drug-likeness (QED) is 0.623. The van der Waals surface area contributed by atoms with Gasteiger partial charge >= 0.3 is 5.92 Å². The first-order valence-electron chi connectivity index (χ1n) is 11.3. The fraction of sp³-hybridized carbons (Fsp3) is 0.619. The van der Waals surface area contributed by atoms with Crippen molar-refractivity contribution in [3.8, 4) is 0 Å². The number of halogens is 3. The van der Waals surface area contributed by atoms with Gasteiger partial charge in [0.2, 0.25) is 11.9 Å². The average molecular weight is 512 g/mol. The van der Waals surface area contributed by atoms with Crippen molar-refractivity contribution in [2.24, 2.45) is 11.8 Å². The predicted molar refractivity (Wildman–Crippen MR) is 123 cm³/mol. The number of aromatic nitrogens is 4. The van der Waals surface area contributed by atoms with Crippen molar-refractivity contribution in [1.29, 1.82) is 0 Å². The van der Waals surface area contributed by atoms with E-state index in [1.807, 2.05) is 4.90 Å². The van der Waals surface area contributed by atoms with Gasteiger partial charge in [-0.2, -0.15) is 13.8 Å².